The maximum Gasteiger partial charge on any atom is 0.332 e. The second kappa shape index (κ2) is 12.8. The maximum absolute atomic E-state index is 14.2. The highest BCUT2D eigenvalue weighted by Gasteiger charge is 2.49. The quantitative estimate of drug-likeness (QED) is 0.388. The van der Waals surface area contributed by atoms with E-state index in [0.717, 1.165) is 12.8 Å². The number of likely N-dealkylation sites (tertiary alicyclic amines) is 1. The van der Waals surface area contributed by atoms with Crippen molar-refractivity contribution in [2.24, 2.45) is 0 Å². The SMILES string of the molecule is C=C(C)c1cc(O[C@@H]2CCCN([C@]3(C)C(=O)Nc4c(C)cc(F)cc43)C2)ccc1S(=O)(=O)F.CC.CCC.[HH].[HH]. The van der Waals surface area contributed by atoms with E-state index in [2.05, 4.69) is 25.7 Å². The Kier molecular flexibility index (Phi) is 10.6. The molecule has 0 aliphatic carbocycles. The number of hydrogen-bond acceptors (Lipinski definition) is 5. The second-order valence-electron chi connectivity index (χ2n) is 9.58. The summed E-state index contributed by atoms with van der Waals surface area (Å²) in [5, 5.41) is 2.90. The van der Waals surface area contributed by atoms with E-state index in [9.17, 15) is 21.5 Å². The summed E-state index contributed by atoms with van der Waals surface area (Å²) in [5.74, 6) is -0.224. The molecule has 0 bridgehead atoms. The van der Waals surface area contributed by atoms with E-state index in [1.54, 1.807) is 20.8 Å². The molecule has 0 unspecified atom stereocenters. The molecule has 1 saturated heterocycles. The van der Waals surface area contributed by atoms with Crippen LogP contribution in [-0.4, -0.2) is 38.4 Å². The summed E-state index contributed by atoms with van der Waals surface area (Å²) in [5.41, 5.74) is 1.42. The van der Waals surface area contributed by atoms with Crippen molar-refractivity contribution < 1.29 is 29.1 Å². The molecule has 2 aromatic carbocycles. The van der Waals surface area contributed by atoms with E-state index < -0.39 is 26.5 Å². The van der Waals surface area contributed by atoms with E-state index in [-0.39, 0.29) is 20.4 Å². The van der Waals surface area contributed by atoms with E-state index in [1.807, 2.05) is 18.7 Å². The molecule has 214 valence electrons. The predicted molar refractivity (Wildman–Crippen MR) is 153 cm³/mol. The molecule has 2 aliphatic heterocycles. The zero-order valence-electron chi connectivity index (χ0n) is 23.5. The molecule has 38 heavy (non-hydrogen) atoms. The van der Waals surface area contributed by atoms with Crippen LogP contribution >= 0.6 is 0 Å². The summed E-state index contributed by atoms with van der Waals surface area (Å²) in [7, 11) is -4.90. The first-order chi connectivity index (χ1) is 17.8. The van der Waals surface area contributed by atoms with Crippen LogP contribution in [0, 0.1) is 12.7 Å². The molecule has 1 fully saturated rings. The third kappa shape index (κ3) is 6.61. The van der Waals surface area contributed by atoms with Gasteiger partial charge in [-0.25, -0.2) is 4.39 Å². The number of ether oxygens (including phenoxy) is 1. The number of rotatable bonds is 5. The minimum absolute atomic E-state index is 0. The van der Waals surface area contributed by atoms with Crippen LogP contribution in [0.2, 0.25) is 0 Å². The molecule has 2 atom stereocenters. The highest BCUT2D eigenvalue weighted by Crippen LogP contribution is 2.43. The van der Waals surface area contributed by atoms with Crippen molar-refractivity contribution >= 4 is 27.4 Å². The van der Waals surface area contributed by atoms with Crippen molar-refractivity contribution in [1.29, 1.82) is 0 Å². The summed E-state index contributed by atoms with van der Waals surface area (Å²) in [4.78, 5) is 14.6. The van der Waals surface area contributed by atoms with Crippen molar-refractivity contribution in [3.63, 3.8) is 0 Å². The van der Waals surface area contributed by atoms with Gasteiger partial charge in [0.2, 0.25) is 5.91 Å². The van der Waals surface area contributed by atoms with E-state index in [0.29, 0.717) is 41.2 Å². The number of piperidine rings is 1. The van der Waals surface area contributed by atoms with Crippen molar-refractivity contribution in [3.8, 4) is 5.75 Å². The molecule has 6 nitrogen and oxygen atoms in total. The fourth-order valence-electron chi connectivity index (χ4n) is 4.73. The van der Waals surface area contributed by atoms with Gasteiger partial charge in [0.1, 0.15) is 28.1 Å². The Morgan fingerprint density at radius 2 is 1.89 bits per heavy atom. The number of fused-ring (bicyclic) bond motifs is 1. The summed E-state index contributed by atoms with van der Waals surface area (Å²) >= 11 is 0. The van der Waals surface area contributed by atoms with Crippen LogP contribution in [0.5, 0.6) is 5.75 Å². The number of aryl methyl sites for hydroxylation is 1. The molecule has 0 spiro atoms. The fraction of sp³-hybridized carbons (Fsp3) is 0.483. The topological polar surface area (TPSA) is 75.7 Å². The molecular weight excluding hydrogens is 510 g/mol. The number of anilines is 1. The Morgan fingerprint density at radius 1 is 1.26 bits per heavy atom. The van der Waals surface area contributed by atoms with Crippen molar-refractivity contribution in [2.45, 2.75) is 84.3 Å². The number of carbonyl (C=O) groups is 1. The molecular formula is C29H44F2N2O4S. The summed E-state index contributed by atoms with van der Waals surface area (Å²) < 4.78 is 56.8. The standard InChI is InChI=1S/C24H26F2N2O4S.C3H8.C2H6.2H2/c1-14(2)19-12-17(7-8-21(19)33(26,30)31)32-18-6-5-9-28(13-18)24(4)20-11-16(25)10-15(3)22(20)27-23(24)29;1-3-2;1-2;;/h7-8,10-12,18H,1,5-6,9,13H2,2-4H3,(H,27,29);3H2,1-2H3;1-2H3;2*1H/t18-,24+;;;;/m1..../s1. The molecule has 2 heterocycles. The van der Waals surface area contributed by atoms with Gasteiger partial charge in [0.15, 0.2) is 0 Å². The van der Waals surface area contributed by atoms with Crippen LogP contribution in [0.15, 0.2) is 41.8 Å². The summed E-state index contributed by atoms with van der Waals surface area (Å²) in [6.45, 7) is 18.2. The monoisotopic (exact) mass is 554 g/mol. The summed E-state index contributed by atoms with van der Waals surface area (Å²) in [6, 6.07) is 6.85. The van der Waals surface area contributed by atoms with Gasteiger partial charge in [0.05, 0.1) is 0 Å². The first-order valence-electron chi connectivity index (χ1n) is 13.1. The zero-order valence-corrected chi connectivity index (χ0v) is 24.3. The van der Waals surface area contributed by atoms with Gasteiger partial charge >= 0.3 is 10.2 Å². The fourth-order valence-corrected chi connectivity index (χ4v) is 5.45. The molecule has 2 aliphatic rings. The van der Waals surface area contributed by atoms with Gasteiger partial charge in [0.25, 0.3) is 0 Å². The van der Waals surface area contributed by atoms with Gasteiger partial charge in [-0.3, -0.25) is 9.69 Å². The highest BCUT2D eigenvalue weighted by molar-refractivity contribution is 7.86. The number of amides is 1. The minimum Gasteiger partial charge on any atom is -0.489 e. The smallest absolute Gasteiger partial charge is 0.332 e. The lowest BCUT2D eigenvalue weighted by atomic mass is 9.88. The molecule has 2 aromatic rings. The Bertz CT molecular complexity index is 1290. The van der Waals surface area contributed by atoms with Gasteiger partial charge < -0.3 is 10.1 Å². The molecule has 0 radical (unpaired) electrons. The van der Waals surface area contributed by atoms with Gasteiger partial charge in [-0.2, -0.15) is 8.42 Å². The minimum atomic E-state index is -4.90. The Labute approximate surface area is 229 Å². The second-order valence-corrected chi connectivity index (χ2v) is 10.9. The van der Waals surface area contributed by atoms with Gasteiger partial charge in [-0.15, -0.1) is 3.89 Å². The first-order valence-corrected chi connectivity index (χ1v) is 14.5. The lowest BCUT2D eigenvalue weighted by Gasteiger charge is -2.42. The molecule has 0 saturated carbocycles. The van der Waals surface area contributed by atoms with Crippen molar-refractivity contribution in [1.82, 2.24) is 4.90 Å². The average Bonchev–Trinajstić information content (AvgIpc) is 3.11. The highest BCUT2D eigenvalue weighted by atomic mass is 32.3. The van der Waals surface area contributed by atoms with Crippen molar-refractivity contribution in [2.75, 3.05) is 18.4 Å². The third-order valence-corrected chi connectivity index (χ3v) is 7.37. The molecule has 1 N–H and O–H groups in total. The number of halogens is 2. The van der Waals surface area contributed by atoms with E-state index in [4.69, 9.17) is 4.74 Å². The Balaban J connectivity index is 0.00000204. The maximum atomic E-state index is 14.2. The van der Waals surface area contributed by atoms with Crippen LogP contribution in [0.25, 0.3) is 5.57 Å². The zero-order chi connectivity index (χ0) is 28.8. The molecule has 1 amide bonds. The number of hydrogen-bond donors (Lipinski definition) is 1. The van der Waals surface area contributed by atoms with Gasteiger partial charge in [-0.05, 0) is 81.6 Å². The van der Waals surface area contributed by atoms with Crippen molar-refractivity contribution in [3.05, 3.63) is 59.4 Å². The lowest BCUT2D eigenvalue weighted by molar-refractivity contribution is -0.128. The third-order valence-electron chi connectivity index (χ3n) is 6.49. The van der Waals surface area contributed by atoms with Crippen LogP contribution in [-0.2, 0) is 20.6 Å². The lowest BCUT2D eigenvalue weighted by Crippen LogP contribution is -2.54. The van der Waals surface area contributed by atoms with Crippen LogP contribution in [0.1, 0.15) is 80.3 Å². The summed E-state index contributed by atoms with van der Waals surface area (Å²) in [6.07, 6.45) is 2.42. The molecule has 4 rings (SSSR count). The Hall–Kier alpha value is -2.78. The number of carbonyl (C=O) groups excluding carboxylic acids is 1. The molecule has 0 aromatic heterocycles. The first kappa shape index (κ1) is 31.4. The molecule has 9 heteroatoms. The van der Waals surface area contributed by atoms with Crippen LogP contribution in [0.3, 0.4) is 0 Å². The predicted octanol–water partition coefficient (Wildman–Crippen LogP) is 7.47. The average molecular weight is 555 g/mol. The number of benzene rings is 2. The van der Waals surface area contributed by atoms with E-state index in [1.165, 1.54) is 36.8 Å². The van der Waals surface area contributed by atoms with Gasteiger partial charge in [-0.1, -0.05) is 40.7 Å². The van der Waals surface area contributed by atoms with Crippen LogP contribution in [0.4, 0.5) is 14.0 Å². The Morgan fingerprint density at radius 3 is 2.47 bits per heavy atom. The van der Waals surface area contributed by atoms with Crippen LogP contribution < -0.4 is 10.1 Å². The number of nitrogens with zero attached hydrogens (tertiary/aromatic N) is 1. The van der Waals surface area contributed by atoms with E-state index >= 15 is 0 Å². The normalized spacial score (nSPS) is 20.8. The van der Waals surface area contributed by atoms with Gasteiger partial charge in [0, 0.05) is 26.2 Å². The largest absolute Gasteiger partial charge is 0.489 e. The number of nitrogens with one attached hydrogen (secondary N) is 1. The number of allylic oxidation sites excluding steroid dienone is 1.